The largest absolute Gasteiger partial charge is 0.370 e. The summed E-state index contributed by atoms with van der Waals surface area (Å²) >= 11 is 0. The van der Waals surface area contributed by atoms with Gasteiger partial charge in [-0.25, -0.2) is 4.39 Å². The number of hydrogen-bond donors (Lipinski definition) is 2. The third-order valence-electron chi connectivity index (χ3n) is 4.15. The van der Waals surface area contributed by atoms with Gasteiger partial charge < -0.3 is 15.5 Å². The third-order valence-corrected chi connectivity index (χ3v) is 4.15. The van der Waals surface area contributed by atoms with Gasteiger partial charge in [-0.2, -0.15) is 0 Å². The number of carbonyl (C=O) groups excluding carboxylic acids is 1. The van der Waals surface area contributed by atoms with Gasteiger partial charge in [0.15, 0.2) is 0 Å². The Bertz CT molecular complexity index is 797. The van der Waals surface area contributed by atoms with Gasteiger partial charge in [-0.15, -0.1) is 0 Å². The molecule has 0 spiro atoms. The number of nitrogens with one attached hydrogen (secondary N) is 2. The number of fused-ring (bicyclic) bond motifs is 1. The molecule has 1 aliphatic rings. The summed E-state index contributed by atoms with van der Waals surface area (Å²) in [5, 5.41) is 5.83. The second-order valence-corrected chi connectivity index (χ2v) is 5.54. The molecule has 2 aromatic rings. The Hall–Kier alpha value is -2.82. The van der Waals surface area contributed by atoms with E-state index in [0.717, 1.165) is 24.3 Å². The molecule has 0 atom stereocenters. The predicted octanol–water partition coefficient (Wildman–Crippen LogP) is 4.08. The first-order valence-corrected chi connectivity index (χ1v) is 8.06. The van der Waals surface area contributed by atoms with Crippen LogP contribution in [0.15, 0.2) is 48.7 Å². The second-order valence-electron chi connectivity index (χ2n) is 5.54. The van der Waals surface area contributed by atoms with Crippen LogP contribution in [-0.4, -0.2) is 19.0 Å². The van der Waals surface area contributed by atoms with Crippen LogP contribution in [0.5, 0.6) is 0 Å². The molecule has 0 saturated heterocycles. The molecule has 0 fully saturated rings. The maximum absolute atomic E-state index is 14.3. The summed E-state index contributed by atoms with van der Waals surface area (Å²) < 4.78 is 14.3. The molecule has 1 heterocycles. The van der Waals surface area contributed by atoms with Crippen LogP contribution >= 0.6 is 0 Å². The highest BCUT2D eigenvalue weighted by Gasteiger charge is 2.23. The van der Waals surface area contributed by atoms with E-state index in [2.05, 4.69) is 10.6 Å². The maximum atomic E-state index is 14.3. The SMILES string of the molecule is CCN(CC)c1ccc(NC=C2C(=O)Nc3ccccc32)cc1F. The van der Waals surface area contributed by atoms with Crippen molar-refractivity contribution in [2.45, 2.75) is 13.8 Å². The summed E-state index contributed by atoms with van der Waals surface area (Å²) in [6.45, 7) is 5.49. The summed E-state index contributed by atoms with van der Waals surface area (Å²) in [6, 6.07) is 12.5. The average molecular weight is 325 g/mol. The molecular formula is C19H20FN3O. The Morgan fingerprint density at radius 3 is 2.62 bits per heavy atom. The van der Waals surface area contributed by atoms with Crippen molar-refractivity contribution in [3.63, 3.8) is 0 Å². The second kappa shape index (κ2) is 6.74. The minimum absolute atomic E-state index is 0.163. The van der Waals surface area contributed by atoms with Crippen LogP contribution < -0.4 is 15.5 Å². The van der Waals surface area contributed by atoms with Crippen LogP contribution in [0.2, 0.25) is 0 Å². The number of rotatable bonds is 5. The lowest BCUT2D eigenvalue weighted by atomic mass is 10.1. The van der Waals surface area contributed by atoms with Crippen molar-refractivity contribution in [2.75, 3.05) is 28.6 Å². The molecule has 3 rings (SSSR count). The normalized spacial score (nSPS) is 14.5. The van der Waals surface area contributed by atoms with Gasteiger partial charge in [-0.3, -0.25) is 4.79 Å². The molecule has 0 unspecified atom stereocenters. The van der Waals surface area contributed by atoms with Gasteiger partial charge in [0.25, 0.3) is 5.91 Å². The first-order valence-electron chi connectivity index (χ1n) is 8.06. The van der Waals surface area contributed by atoms with Crippen molar-refractivity contribution in [3.05, 3.63) is 60.0 Å². The molecule has 24 heavy (non-hydrogen) atoms. The lowest BCUT2D eigenvalue weighted by Gasteiger charge is -2.21. The van der Waals surface area contributed by atoms with Crippen LogP contribution in [0.3, 0.4) is 0 Å². The molecule has 2 aromatic carbocycles. The van der Waals surface area contributed by atoms with Gasteiger partial charge in [-0.05, 0) is 38.1 Å². The van der Waals surface area contributed by atoms with E-state index in [9.17, 15) is 9.18 Å². The van der Waals surface area contributed by atoms with Crippen molar-refractivity contribution in [2.24, 2.45) is 0 Å². The van der Waals surface area contributed by atoms with Crippen molar-refractivity contribution in [1.29, 1.82) is 0 Å². The van der Waals surface area contributed by atoms with Gasteiger partial charge in [0, 0.05) is 36.2 Å². The van der Waals surface area contributed by atoms with E-state index in [1.54, 1.807) is 12.3 Å². The monoisotopic (exact) mass is 325 g/mol. The number of benzene rings is 2. The zero-order valence-corrected chi connectivity index (χ0v) is 13.8. The number of para-hydroxylation sites is 1. The highest BCUT2D eigenvalue weighted by atomic mass is 19.1. The molecule has 1 aliphatic heterocycles. The molecule has 0 bridgehead atoms. The summed E-state index contributed by atoms with van der Waals surface area (Å²) in [4.78, 5) is 14.0. The number of carbonyl (C=O) groups is 1. The van der Waals surface area contributed by atoms with E-state index < -0.39 is 0 Å². The molecule has 0 aliphatic carbocycles. The van der Waals surface area contributed by atoms with E-state index in [4.69, 9.17) is 0 Å². The zero-order valence-electron chi connectivity index (χ0n) is 13.8. The number of anilines is 3. The van der Waals surface area contributed by atoms with E-state index >= 15 is 0 Å². The van der Waals surface area contributed by atoms with Gasteiger partial charge >= 0.3 is 0 Å². The van der Waals surface area contributed by atoms with E-state index in [-0.39, 0.29) is 11.7 Å². The summed E-state index contributed by atoms with van der Waals surface area (Å²) in [6.07, 6.45) is 1.62. The fourth-order valence-electron chi connectivity index (χ4n) is 2.86. The highest BCUT2D eigenvalue weighted by molar-refractivity contribution is 6.31. The molecular weight excluding hydrogens is 305 g/mol. The van der Waals surface area contributed by atoms with Crippen molar-refractivity contribution in [3.8, 4) is 0 Å². The van der Waals surface area contributed by atoms with Crippen LogP contribution in [0.25, 0.3) is 5.57 Å². The standard InChI is InChI=1S/C19H20FN3O/c1-3-23(4-2)18-10-9-13(11-16(18)20)21-12-15-14-7-5-6-8-17(14)22-19(15)24/h5-12,21H,3-4H2,1-2H3,(H,22,24). The molecule has 0 saturated carbocycles. The first-order chi connectivity index (χ1) is 11.6. The molecule has 5 heteroatoms. The maximum Gasteiger partial charge on any atom is 0.257 e. The third kappa shape index (κ3) is 2.97. The van der Waals surface area contributed by atoms with Crippen LogP contribution in [0.4, 0.5) is 21.5 Å². The number of hydrogen-bond acceptors (Lipinski definition) is 3. The van der Waals surface area contributed by atoms with Crippen LogP contribution in [-0.2, 0) is 4.79 Å². The van der Waals surface area contributed by atoms with E-state index in [1.165, 1.54) is 6.07 Å². The average Bonchev–Trinajstić information content (AvgIpc) is 2.91. The Balaban J connectivity index is 1.82. The van der Waals surface area contributed by atoms with Gasteiger partial charge in [0.1, 0.15) is 5.82 Å². The topological polar surface area (TPSA) is 44.4 Å². The Labute approximate surface area is 141 Å². The van der Waals surface area contributed by atoms with E-state index in [1.807, 2.05) is 49.1 Å². The smallest absolute Gasteiger partial charge is 0.257 e. The fourth-order valence-corrected chi connectivity index (χ4v) is 2.86. The molecule has 0 radical (unpaired) electrons. The number of halogens is 1. The Kier molecular flexibility index (Phi) is 4.51. The molecule has 0 aromatic heterocycles. The lowest BCUT2D eigenvalue weighted by molar-refractivity contribution is -0.110. The van der Waals surface area contributed by atoms with Crippen LogP contribution in [0.1, 0.15) is 19.4 Å². The fraction of sp³-hybridized carbons (Fsp3) is 0.211. The lowest BCUT2D eigenvalue weighted by Crippen LogP contribution is -2.22. The summed E-state index contributed by atoms with van der Waals surface area (Å²) in [5.74, 6) is -0.442. The van der Waals surface area contributed by atoms with Gasteiger partial charge in [-0.1, -0.05) is 18.2 Å². The predicted molar refractivity (Wildman–Crippen MR) is 96.6 cm³/mol. The number of amides is 1. The Morgan fingerprint density at radius 2 is 1.92 bits per heavy atom. The summed E-state index contributed by atoms with van der Waals surface area (Å²) in [5.41, 5.74) is 3.36. The summed E-state index contributed by atoms with van der Waals surface area (Å²) in [7, 11) is 0. The zero-order chi connectivity index (χ0) is 17.1. The van der Waals surface area contributed by atoms with E-state index in [0.29, 0.717) is 16.9 Å². The minimum atomic E-state index is -0.279. The van der Waals surface area contributed by atoms with Gasteiger partial charge in [0.05, 0.1) is 11.3 Å². The molecule has 4 nitrogen and oxygen atoms in total. The Morgan fingerprint density at radius 1 is 1.17 bits per heavy atom. The van der Waals surface area contributed by atoms with Crippen molar-refractivity contribution >= 4 is 28.5 Å². The van der Waals surface area contributed by atoms with Crippen molar-refractivity contribution in [1.82, 2.24) is 0 Å². The molecule has 1 amide bonds. The molecule has 2 N–H and O–H groups in total. The van der Waals surface area contributed by atoms with Crippen LogP contribution in [0, 0.1) is 5.82 Å². The van der Waals surface area contributed by atoms with Gasteiger partial charge in [0.2, 0.25) is 0 Å². The first kappa shape index (κ1) is 16.1. The van der Waals surface area contributed by atoms with Crippen molar-refractivity contribution < 1.29 is 9.18 Å². The number of nitrogens with zero attached hydrogens (tertiary/aromatic N) is 1. The molecule has 124 valence electrons. The highest BCUT2D eigenvalue weighted by Crippen LogP contribution is 2.31. The minimum Gasteiger partial charge on any atom is -0.370 e. The quantitative estimate of drug-likeness (QED) is 0.814.